The van der Waals surface area contributed by atoms with Crippen LogP contribution >= 0.6 is 0 Å². The summed E-state index contributed by atoms with van der Waals surface area (Å²) >= 11 is 0. The van der Waals surface area contributed by atoms with Gasteiger partial charge in [0.1, 0.15) is 5.76 Å². The first-order chi connectivity index (χ1) is 29.1. The van der Waals surface area contributed by atoms with Crippen molar-refractivity contribution in [2.45, 2.75) is 140 Å². The Hall–Kier alpha value is -4.01. The smallest absolute Gasteiger partial charge is 0.162 e. The second-order valence-corrected chi connectivity index (χ2v) is 29.8. The summed E-state index contributed by atoms with van der Waals surface area (Å²) in [6.07, 6.45) is 8.67. The second kappa shape index (κ2) is 22.8. The van der Waals surface area contributed by atoms with Gasteiger partial charge in [-0.3, -0.25) is 4.79 Å². The first-order valence-corrected chi connectivity index (χ1v) is 29.4. The molecule has 4 aromatic carbocycles. The summed E-state index contributed by atoms with van der Waals surface area (Å²) in [5, 5.41) is 18.0. The van der Waals surface area contributed by atoms with Crippen LogP contribution in [0.25, 0.3) is 44.1 Å². The quantitative estimate of drug-likeness (QED) is 0.0574. The number of hydrogen-bond donors (Lipinski definition) is 1. The summed E-state index contributed by atoms with van der Waals surface area (Å²) in [7, 11) is -2.71. The van der Waals surface area contributed by atoms with Gasteiger partial charge in [-0.25, -0.2) is 0 Å². The molecule has 0 aliphatic carbocycles. The molecule has 1 radical (unpaired) electrons. The molecule has 2 heterocycles. The van der Waals surface area contributed by atoms with Crippen LogP contribution in [0.2, 0.25) is 38.3 Å². The molecule has 0 spiro atoms. The molecule has 0 atom stereocenters. The van der Waals surface area contributed by atoms with E-state index in [1.165, 1.54) is 49.1 Å². The molecule has 339 valence electrons. The Morgan fingerprint density at radius 1 is 0.683 bits per heavy atom. The van der Waals surface area contributed by atoms with Gasteiger partial charge in [0.2, 0.25) is 0 Å². The minimum atomic E-state index is -1.42. The van der Waals surface area contributed by atoms with Crippen LogP contribution in [-0.4, -0.2) is 37.0 Å². The number of carbonyl (C=O) groups excluding carboxylic acids is 1. The van der Waals surface area contributed by atoms with Crippen LogP contribution in [0.3, 0.4) is 0 Å². The number of nitrogens with zero attached hydrogens (tertiary/aromatic N) is 2. The monoisotopic (exact) mass is 1060 g/mol. The zero-order valence-corrected chi connectivity index (χ0v) is 45.6. The maximum Gasteiger partial charge on any atom is 0.162 e. The van der Waals surface area contributed by atoms with Crippen molar-refractivity contribution in [2.75, 3.05) is 0 Å². The van der Waals surface area contributed by atoms with Crippen LogP contribution in [0.5, 0.6) is 0 Å². The molecule has 63 heavy (non-hydrogen) atoms. The third kappa shape index (κ3) is 13.5. The van der Waals surface area contributed by atoms with Gasteiger partial charge in [-0.05, 0) is 76.3 Å². The van der Waals surface area contributed by atoms with E-state index in [9.17, 15) is 9.90 Å². The minimum absolute atomic E-state index is 0. The number of pyridine rings is 2. The van der Waals surface area contributed by atoms with Crippen LogP contribution in [0.15, 0.2) is 97.0 Å². The number of aryl methyl sites for hydroxylation is 4. The molecular formula is C56H74IrN2O2Si2-2. The molecule has 0 aliphatic rings. The Kier molecular flexibility index (Phi) is 19.3. The summed E-state index contributed by atoms with van der Waals surface area (Å²) in [5.41, 5.74) is 9.55. The van der Waals surface area contributed by atoms with Crippen LogP contribution in [0, 0.1) is 51.2 Å². The van der Waals surface area contributed by atoms with Crippen LogP contribution < -0.4 is 10.4 Å². The van der Waals surface area contributed by atoms with Crippen molar-refractivity contribution >= 4 is 53.8 Å². The van der Waals surface area contributed by atoms with Crippen LogP contribution in [0.4, 0.5) is 0 Å². The minimum Gasteiger partial charge on any atom is -0.512 e. The van der Waals surface area contributed by atoms with E-state index in [4.69, 9.17) is 0 Å². The zero-order chi connectivity index (χ0) is 46.2. The topological polar surface area (TPSA) is 63.1 Å². The maximum absolute atomic E-state index is 11.9. The Morgan fingerprint density at radius 2 is 1.11 bits per heavy atom. The zero-order valence-electron chi connectivity index (χ0n) is 41.2. The van der Waals surface area contributed by atoms with Crippen molar-refractivity contribution in [3.05, 3.63) is 131 Å². The predicted molar refractivity (Wildman–Crippen MR) is 275 cm³/mol. The van der Waals surface area contributed by atoms with Crippen molar-refractivity contribution in [1.29, 1.82) is 0 Å². The molecule has 7 heteroatoms. The van der Waals surface area contributed by atoms with Crippen LogP contribution in [-0.2, 0) is 24.9 Å². The van der Waals surface area contributed by atoms with Crippen molar-refractivity contribution in [1.82, 2.24) is 9.97 Å². The molecule has 0 aliphatic heterocycles. The van der Waals surface area contributed by atoms with Gasteiger partial charge in [0.25, 0.3) is 0 Å². The van der Waals surface area contributed by atoms with Gasteiger partial charge in [0.05, 0.1) is 16.1 Å². The van der Waals surface area contributed by atoms with E-state index in [-0.39, 0.29) is 43.0 Å². The van der Waals surface area contributed by atoms with Gasteiger partial charge in [-0.1, -0.05) is 156 Å². The fraction of sp³-hybridized carbons (Fsp3) is 0.411. The Bertz CT molecular complexity index is 2470. The third-order valence-corrected chi connectivity index (χ3v) is 20.0. The average molecular weight is 1060 g/mol. The van der Waals surface area contributed by atoms with Crippen molar-refractivity contribution in [3.63, 3.8) is 0 Å². The molecule has 2 aromatic heterocycles. The molecule has 4 nitrogen and oxygen atoms in total. The molecule has 0 saturated carbocycles. The number of aliphatic hydroxyl groups is 1. The molecule has 0 fully saturated rings. The number of carbonyl (C=O) groups is 1. The average Bonchev–Trinajstić information content (AvgIpc) is 3.22. The molecule has 1 N–H and O–H groups in total. The standard InChI is InChI=1S/C22H26NSi.C20H22NSi.C14H26O2.Ir/c1-15(2)24(5,6)20-7-8-21-18(14-20)9-10-23-22(21)19-12-16(3)11-17(4)13-19;1-14-10-15(2)12-17(11-14)20-19-7-6-18(22(3,4)5)13-16(19)8-9-21-20;1-6-11(7-2)12(15)10-13(16)14(5,8-3)9-4;/h7-12,14-15H,1-6H3;6-11,13H,1-5H3;10-11,16H,6-9H2,1-5H3;/q2*-1;;/b;;13-10-;. The third-order valence-electron chi connectivity index (χ3n) is 13.2. The fourth-order valence-electron chi connectivity index (χ4n) is 7.76. The van der Waals surface area contributed by atoms with E-state index in [0.29, 0.717) is 0 Å². The second-order valence-electron chi connectivity index (χ2n) is 19.5. The Balaban J connectivity index is 0.000000255. The summed E-state index contributed by atoms with van der Waals surface area (Å²) < 4.78 is 0. The maximum atomic E-state index is 11.9. The van der Waals surface area contributed by atoms with Gasteiger partial charge in [-0.2, -0.15) is 0 Å². The van der Waals surface area contributed by atoms with Gasteiger partial charge in [0.15, 0.2) is 5.78 Å². The molecule has 0 saturated heterocycles. The van der Waals surface area contributed by atoms with E-state index in [1.807, 2.05) is 47.0 Å². The number of ketones is 1. The number of hydrogen-bond acceptors (Lipinski definition) is 4. The SMILES string of the molecule is CCC(CC)C(=O)/C=C(\O)C(C)(CC)CC.Cc1[c-]c(-c2nccc3cc([Si](C)(C)C(C)C)ccc23)cc(C)c1.Cc1[c-]c(-c2nccc3cc([Si](C)(C)C)ccc23)cc(C)c1.[Ir]. The number of benzene rings is 4. The molecule has 0 unspecified atom stereocenters. The van der Waals surface area contributed by atoms with Gasteiger partial charge in [-0.15, -0.1) is 69.8 Å². The van der Waals surface area contributed by atoms with Crippen molar-refractivity contribution in [2.24, 2.45) is 11.3 Å². The number of aromatic nitrogens is 2. The number of allylic oxidation sites excluding steroid dienone is 2. The van der Waals surface area contributed by atoms with Crippen molar-refractivity contribution < 1.29 is 30.0 Å². The van der Waals surface area contributed by atoms with E-state index >= 15 is 0 Å². The summed E-state index contributed by atoms with van der Waals surface area (Å²) in [6.45, 7) is 35.3. The Morgan fingerprint density at radius 3 is 1.49 bits per heavy atom. The van der Waals surface area contributed by atoms with Crippen molar-refractivity contribution in [3.8, 4) is 22.5 Å². The molecule has 6 rings (SSSR count). The van der Waals surface area contributed by atoms with Gasteiger partial charge in [0, 0.05) is 49.9 Å². The number of fused-ring (bicyclic) bond motifs is 2. The van der Waals surface area contributed by atoms with E-state index in [1.54, 1.807) is 0 Å². The summed E-state index contributed by atoms with van der Waals surface area (Å²) in [5.74, 6) is 0.366. The van der Waals surface area contributed by atoms with E-state index in [2.05, 4.69) is 169 Å². The first kappa shape index (κ1) is 53.3. The Labute approximate surface area is 396 Å². The molecule has 0 amide bonds. The largest absolute Gasteiger partial charge is 0.512 e. The molecular weight excluding hydrogens is 981 g/mol. The number of aliphatic hydroxyl groups excluding tert-OH is 1. The van der Waals surface area contributed by atoms with Crippen LogP contribution in [0.1, 0.15) is 96.4 Å². The van der Waals surface area contributed by atoms with E-state index in [0.717, 1.165) is 64.9 Å². The van der Waals surface area contributed by atoms with E-state index < -0.39 is 16.1 Å². The van der Waals surface area contributed by atoms with Gasteiger partial charge < -0.3 is 15.1 Å². The normalized spacial score (nSPS) is 12.1. The summed E-state index contributed by atoms with van der Waals surface area (Å²) in [4.78, 5) is 21.2. The van der Waals surface area contributed by atoms with Gasteiger partial charge >= 0.3 is 0 Å². The summed E-state index contributed by atoms with van der Waals surface area (Å²) in [6, 6.07) is 33.6. The molecule has 0 bridgehead atoms. The number of rotatable bonds is 12. The predicted octanol–water partition coefficient (Wildman–Crippen LogP) is 14.8. The fourth-order valence-corrected chi connectivity index (χ4v) is 10.6. The first-order valence-electron chi connectivity index (χ1n) is 22.8. The molecule has 6 aromatic rings.